The lowest BCUT2D eigenvalue weighted by atomic mass is 9.95. The predicted molar refractivity (Wildman–Crippen MR) is 92.2 cm³/mol. The van der Waals surface area contributed by atoms with Gasteiger partial charge in [-0.05, 0) is 31.7 Å². The van der Waals surface area contributed by atoms with E-state index in [-0.39, 0.29) is 6.10 Å². The van der Waals surface area contributed by atoms with E-state index < -0.39 is 0 Å². The van der Waals surface area contributed by atoms with Gasteiger partial charge in [0.15, 0.2) is 0 Å². The van der Waals surface area contributed by atoms with E-state index in [0.29, 0.717) is 12.1 Å². The molecule has 1 unspecified atom stereocenters. The summed E-state index contributed by atoms with van der Waals surface area (Å²) in [5.74, 6) is 0. The molecule has 0 aliphatic carbocycles. The van der Waals surface area contributed by atoms with Crippen LogP contribution in [0.15, 0.2) is 42.7 Å². The van der Waals surface area contributed by atoms with Crippen molar-refractivity contribution in [2.45, 2.75) is 57.8 Å². The minimum Gasteiger partial charge on any atom is -0.372 e. The second kappa shape index (κ2) is 7.75. The van der Waals surface area contributed by atoms with Gasteiger partial charge in [-0.3, -0.25) is 4.68 Å². The quantitative estimate of drug-likeness (QED) is 0.880. The lowest BCUT2D eigenvalue weighted by molar-refractivity contribution is -0.0142. The average molecular weight is 313 g/mol. The molecule has 1 aliphatic rings. The number of hydrogen-bond donors (Lipinski definition) is 1. The maximum atomic E-state index is 6.10. The van der Waals surface area contributed by atoms with Crippen LogP contribution >= 0.6 is 0 Å². The van der Waals surface area contributed by atoms with E-state index in [1.165, 1.54) is 11.1 Å². The second-order valence-electron chi connectivity index (χ2n) is 6.21. The summed E-state index contributed by atoms with van der Waals surface area (Å²) in [7, 11) is 0. The second-order valence-corrected chi connectivity index (χ2v) is 6.21. The third kappa shape index (κ3) is 3.82. The summed E-state index contributed by atoms with van der Waals surface area (Å²) in [5.41, 5.74) is 2.54. The van der Waals surface area contributed by atoms with Crippen LogP contribution in [0.2, 0.25) is 0 Å². The van der Waals surface area contributed by atoms with E-state index in [4.69, 9.17) is 4.74 Å². The lowest BCUT2D eigenvalue weighted by Crippen LogP contribution is -2.41. The molecule has 3 rings (SSSR count). The van der Waals surface area contributed by atoms with Crippen LogP contribution in [0.1, 0.15) is 56.4 Å². The molecule has 0 bridgehead atoms. The first-order valence-corrected chi connectivity index (χ1v) is 8.76. The van der Waals surface area contributed by atoms with Crippen LogP contribution in [0.4, 0.5) is 0 Å². The molecule has 1 saturated heterocycles. The predicted octanol–water partition coefficient (Wildman–Crippen LogP) is 3.86. The molecule has 23 heavy (non-hydrogen) atoms. The van der Waals surface area contributed by atoms with Gasteiger partial charge in [-0.25, -0.2) is 0 Å². The average Bonchev–Trinajstić information content (AvgIpc) is 3.10. The normalized spacial score (nSPS) is 22.9. The molecular formula is C19H27N3O. The van der Waals surface area contributed by atoms with Gasteiger partial charge in [0.2, 0.25) is 0 Å². The Morgan fingerprint density at radius 2 is 2.13 bits per heavy atom. The highest BCUT2D eigenvalue weighted by atomic mass is 16.5. The Kier molecular flexibility index (Phi) is 5.47. The summed E-state index contributed by atoms with van der Waals surface area (Å²) < 4.78 is 8.07. The van der Waals surface area contributed by atoms with Crippen molar-refractivity contribution in [3.05, 3.63) is 53.9 Å². The minimum absolute atomic E-state index is 0.0989. The molecule has 1 aromatic heterocycles. The van der Waals surface area contributed by atoms with Crippen LogP contribution in [-0.2, 0) is 11.3 Å². The van der Waals surface area contributed by atoms with Gasteiger partial charge in [-0.1, -0.05) is 37.3 Å². The van der Waals surface area contributed by atoms with Crippen LogP contribution in [0.3, 0.4) is 0 Å². The summed E-state index contributed by atoms with van der Waals surface area (Å²) in [4.78, 5) is 0. The molecule has 3 atom stereocenters. The molecule has 124 valence electrons. The molecule has 4 nitrogen and oxygen atoms in total. The number of benzene rings is 1. The molecule has 1 N–H and O–H groups in total. The zero-order chi connectivity index (χ0) is 16.1. The first-order chi connectivity index (χ1) is 11.3. The van der Waals surface area contributed by atoms with Crippen LogP contribution < -0.4 is 5.32 Å². The Morgan fingerprint density at radius 1 is 1.30 bits per heavy atom. The van der Waals surface area contributed by atoms with Gasteiger partial charge in [0.05, 0.1) is 6.20 Å². The first kappa shape index (κ1) is 16.2. The van der Waals surface area contributed by atoms with Crippen LogP contribution in [0.25, 0.3) is 0 Å². The highest BCUT2D eigenvalue weighted by Gasteiger charge is 2.30. The Balaban J connectivity index is 1.75. The highest BCUT2D eigenvalue weighted by Crippen LogP contribution is 2.30. The molecule has 1 aliphatic heterocycles. The third-order valence-corrected chi connectivity index (χ3v) is 4.65. The van der Waals surface area contributed by atoms with Gasteiger partial charge < -0.3 is 10.1 Å². The lowest BCUT2D eigenvalue weighted by Gasteiger charge is -2.35. The van der Waals surface area contributed by atoms with Gasteiger partial charge in [0.1, 0.15) is 6.10 Å². The van der Waals surface area contributed by atoms with Gasteiger partial charge in [0, 0.05) is 37.0 Å². The maximum Gasteiger partial charge on any atom is 0.101 e. The smallest absolute Gasteiger partial charge is 0.101 e. The number of nitrogens with zero attached hydrogens (tertiary/aromatic N) is 2. The fraction of sp³-hybridized carbons (Fsp3) is 0.526. The van der Waals surface area contributed by atoms with Crippen molar-refractivity contribution in [3.63, 3.8) is 0 Å². The topological polar surface area (TPSA) is 39.1 Å². The fourth-order valence-corrected chi connectivity index (χ4v) is 3.37. The Hall–Kier alpha value is -1.65. The molecule has 4 heteroatoms. The zero-order valence-electron chi connectivity index (χ0n) is 14.1. The Morgan fingerprint density at radius 3 is 2.83 bits per heavy atom. The molecule has 0 saturated carbocycles. The molecule has 1 aromatic carbocycles. The largest absolute Gasteiger partial charge is 0.372 e. The first-order valence-electron chi connectivity index (χ1n) is 8.76. The zero-order valence-corrected chi connectivity index (χ0v) is 14.1. The Bertz CT molecular complexity index is 596. The van der Waals surface area contributed by atoms with Crippen molar-refractivity contribution in [3.8, 4) is 0 Å². The number of aryl methyl sites for hydroxylation is 1. The summed E-state index contributed by atoms with van der Waals surface area (Å²) in [6, 6.07) is 11.4. The maximum absolute atomic E-state index is 6.10. The molecule has 0 radical (unpaired) electrons. The van der Waals surface area contributed by atoms with Crippen LogP contribution in [0, 0.1) is 0 Å². The van der Waals surface area contributed by atoms with Gasteiger partial charge in [0.25, 0.3) is 0 Å². The molecule has 1 fully saturated rings. The highest BCUT2D eigenvalue weighted by molar-refractivity contribution is 5.20. The van der Waals surface area contributed by atoms with E-state index in [9.17, 15) is 0 Å². The fourth-order valence-electron chi connectivity index (χ4n) is 3.37. The van der Waals surface area contributed by atoms with E-state index in [0.717, 1.165) is 32.4 Å². The Labute approximate surface area is 138 Å². The molecule has 0 spiro atoms. The van der Waals surface area contributed by atoms with E-state index in [2.05, 4.69) is 60.8 Å². The van der Waals surface area contributed by atoms with Crippen molar-refractivity contribution >= 4 is 0 Å². The van der Waals surface area contributed by atoms with Gasteiger partial charge in [-0.15, -0.1) is 0 Å². The van der Waals surface area contributed by atoms with Crippen molar-refractivity contribution < 1.29 is 4.74 Å². The molecule has 2 aromatic rings. The third-order valence-electron chi connectivity index (χ3n) is 4.65. The van der Waals surface area contributed by atoms with E-state index in [1.807, 2.05) is 10.9 Å². The van der Waals surface area contributed by atoms with Gasteiger partial charge in [-0.2, -0.15) is 5.10 Å². The SMILES string of the molecule is CCC(N[C@@H]1CCCO[C@H]1c1cnn(CC)c1)c1ccccc1. The molecule has 2 heterocycles. The number of ether oxygens (including phenoxy) is 1. The summed E-state index contributed by atoms with van der Waals surface area (Å²) in [5, 5.41) is 8.25. The summed E-state index contributed by atoms with van der Waals surface area (Å²) in [6.07, 6.45) is 7.50. The monoisotopic (exact) mass is 313 g/mol. The van der Waals surface area contributed by atoms with Crippen molar-refractivity contribution in [1.29, 1.82) is 0 Å². The number of rotatable bonds is 6. The standard InChI is InChI=1S/C19H27N3O/c1-3-17(15-9-6-5-7-10-15)21-18-11-8-12-23-19(18)16-13-20-22(4-2)14-16/h5-7,9-10,13-14,17-19,21H,3-4,8,11-12H2,1-2H3/t17?,18-,19+/m1/s1. The summed E-state index contributed by atoms with van der Waals surface area (Å²) >= 11 is 0. The van der Waals surface area contributed by atoms with Crippen molar-refractivity contribution in [2.24, 2.45) is 0 Å². The molecular weight excluding hydrogens is 286 g/mol. The van der Waals surface area contributed by atoms with E-state index in [1.54, 1.807) is 0 Å². The van der Waals surface area contributed by atoms with Crippen molar-refractivity contribution in [1.82, 2.24) is 15.1 Å². The van der Waals surface area contributed by atoms with Gasteiger partial charge >= 0.3 is 0 Å². The number of hydrogen-bond acceptors (Lipinski definition) is 3. The minimum atomic E-state index is 0.0989. The number of nitrogens with one attached hydrogen (secondary N) is 1. The summed E-state index contributed by atoms with van der Waals surface area (Å²) in [6.45, 7) is 6.07. The van der Waals surface area contributed by atoms with Crippen molar-refractivity contribution in [2.75, 3.05) is 6.61 Å². The number of aromatic nitrogens is 2. The van der Waals surface area contributed by atoms with Crippen LogP contribution in [-0.4, -0.2) is 22.4 Å². The van der Waals surface area contributed by atoms with E-state index >= 15 is 0 Å². The van der Waals surface area contributed by atoms with Crippen LogP contribution in [0.5, 0.6) is 0 Å². The molecule has 0 amide bonds.